The van der Waals surface area contributed by atoms with Crippen molar-refractivity contribution in [2.45, 2.75) is 108 Å². The van der Waals surface area contributed by atoms with E-state index in [0.29, 0.717) is 4.75 Å². The minimum absolute atomic E-state index is 0.415. The summed E-state index contributed by atoms with van der Waals surface area (Å²) in [5.41, 5.74) is 0. The van der Waals surface area contributed by atoms with Gasteiger partial charge in [-0.05, 0) is 92.8 Å². The molecule has 4 aliphatic rings. The Morgan fingerprint density at radius 3 is 2.60 bits per heavy atom. The van der Waals surface area contributed by atoms with E-state index in [9.17, 15) is 0 Å². The number of hydrogen-bond acceptors (Lipinski definition) is 1. The lowest BCUT2D eigenvalue weighted by Crippen LogP contribution is -2.50. The van der Waals surface area contributed by atoms with E-state index in [1.165, 1.54) is 64.2 Å². The van der Waals surface area contributed by atoms with Crippen molar-refractivity contribution in [3.63, 3.8) is 0 Å². The Labute approximate surface area is 162 Å². The number of fused-ring (bicyclic) bond motifs is 5. The predicted octanol–water partition coefficient (Wildman–Crippen LogP) is 7.52. The van der Waals surface area contributed by atoms with Crippen molar-refractivity contribution in [3.05, 3.63) is 0 Å². The summed E-state index contributed by atoms with van der Waals surface area (Å²) in [5.74, 6) is 7.16. The van der Waals surface area contributed by atoms with Crippen molar-refractivity contribution in [2.75, 3.05) is 0 Å². The highest BCUT2D eigenvalue weighted by molar-refractivity contribution is 7.81. The second-order valence-electron chi connectivity index (χ2n) is 10.5. The molecule has 0 spiro atoms. The third kappa shape index (κ3) is 3.45. The third-order valence-electron chi connectivity index (χ3n) is 9.46. The number of rotatable bonds is 5. The van der Waals surface area contributed by atoms with E-state index < -0.39 is 0 Å². The van der Waals surface area contributed by atoms with Crippen LogP contribution in [-0.4, -0.2) is 4.75 Å². The van der Waals surface area contributed by atoms with E-state index in [4.69, 9.17) is 12.6 Å². The van der Waals surface area contributed by atoms with Crippen LogP contribution < -0.4 is 0 Å². The lowest BCUT2D eigenvalue weighted by molar-refractivity contribution is -0.0151. The van der Waals surface area contributed by atoms with Crippen molar-refractivity contribution in [2.24, 2.45) is 41.4 Å². The van der Waals surface area contributed by atoms with Gasteiger partial charge >= 0.3 is 0 Å². The molecule has 0 aromatic rings. The van der Waals surface area contributed by atoms with Gasteiger partial charge in [0.05, 0.1) is 0 Å². The molecular weight excluding hydrogens is 320 g/mol. The van der Waals surface area contributed by atoms with Gasteiger partial charge in [0.2, 0.25) is 0 Å². The fourth-order valence-electron chi connectivity index (χ4n) is 7.89. The molecule has 4 rings (SSSR count). The zero-order chi connectivity index (χ0) is 17.4. The lowest BCUT2D eigenvalue weighted by Gasteiger charge is -2.55. The Bertz CT molecular complexity index is 445. The van der Waals surface area contributed by atoms with Crippen LogP contribution in [0.25, 0.3) is 0 Å². The first-order valence-corrected chi connectivity index (χ1v) is 12.3. The third-order valence-corrected chi connectivity index (χ3v) is 10.4. The van der Waals surface area contributed by atoms with Gasteiger partial charge in [-0.15, -0.1) is 0 Å². The first-order chi connectivity index (χ1) is 12.1. The minimum Gasteiger partial charge on any atom is -0.172 e. The standard InChI is InChI=1S/C24H42S/c1-3-17(2)7-6-9-19-12-14-23-22-13-11-18-8-4-5-10-20(18)21(22)15-16-24(19,23)25/h17-23,25H,3-16H2,1-2H3. The average molecular weight is 363 g/mol. The molecule has 0 nitrogen and oxygen atoms in total. The van der Waals surface area contributed by atoms with E-state index in [2.05, 4.69) is 13.8 Å². The monoisotopic (exact) mass is 362 g/mol. The van der Waals surface area contributed by atoms with Crippen LogP contribution in [0.3, 0.4) is 0 Å². The summed E-state index contributed by atoms with van der Waals surface area (Å²) in [6.45, 7) is 4.78. The largest absolute Gasteiger partial charge is 0.172 e. The Kier molecular flexibility index (Phi) is 5.81. The smallest absolute Gasteiger partial charge is 0.0189 e. The molecule has 8 unspecified atom stereocenters. The molecule has 0 aromatic heterocycles. The van der Waals surface area contributed by atoms with Gasteiger partial charge in [-0.25, -0.2) is 0 Å². The zero-order valence-corrected chi connectivity index (χ0v) is 17.8. The van der Waals surface area contributed by atoms with Crippen LogP contribution in [0.4, 0.5) is 0 Å². The van der Waals surface area contributed by atoms with Crippen LogP contribution in [0.1, 0.15) is 104 Å². The summed E-state index contributed by atoms with van der Waals surface area (Å²) in [7, 11) is 0. The molecule has 4 saturated carbocycles. The summed E-state index contributed by atoms with van der Waals surface area (Å²) in [6.07, 6.45) is 21.0. The average Bonchev–Trinajstić information content (AvgIpc) is 2.98. The topological polar surface area (TPSA) is 0 Å². The SMILES string of the molecule is CCC(C)CCCC1CCC2C3CCC4CCCCC4C3CCC12S. The molecule has 0 N–H and O–H groups in total. The normalized spacial score (nSPS) is 47.6. The van der Waals surface area contributed by atoms with Gasteiger partial charge in [0.1, 0.15) is 0 Å². The maximum Gasteiger partial charge on any atom is 0.0189 e. The molecule has 0 aliphatic heterocycles. The highest BCUT2D eigenvalue weighted by atomic mass is 32.1. The minimum atomic E-state index is 0.415. The summed E-state index contributed by atoms with van der Waals surface area (Å²) in [4.78, 5) is 0. The molecule has 4 fully saturated rings. The fourth-order valence-corrected chi connectivity index (χ4v) is 8.60. The molecule has 144 valence electrons. The van der Waals surface area contributed by atoms with Crippen molar-refractivity contribution in [1.82, 2.24) is 0 Å². The first kappa shape index (κ1) is 18.7. The second kappa shape index (κ2) is 7.76. The van der Waals surface area contributed by atoms with Crippen molar-refractivity contribution in [3.8, 4) is 0 Å². The molecule has 0 heterocycles. The van der Waals surface area contributed by atoms with Crippen LogP contribution in [0, 0.1) is 41.4 Å². The Hall–Kier alpha value is 0.350. The molecule has 0 amide bonds. The van der Waals surface area contributed by atoms with Crippen molar-refractivity contribution < 1.29 is 0 Å². The van der Waals surface area contributed by atoms with Gasteiger partial charge in [0.15, 0.2) is 0 Å². The molecule has 0 aromatic carbocycles. The van der Waals surface area contributed by atoms with Crippen molar-refractivity contribution in [1.29, 1.82) is 0 Å². The van der Waals surface area contributed by atoms with Gasteiger partial charge in [-0.3, -0.25) is 0 Å². The fraction of sp³-hybridized carbons (Fsp3) is 1.00. The molecular formula is C24H42S. The molecule has 0 radical (unpaired) electrons. The van der Waals surface area contributed by atoms with Crippen molar-refractivity contribution >= 4 is 12.6 Å². The number of thiol groups is 1. The van der Waals surface area contributed by atoms with Crippen LogP contribution in [0.15, 0.2) is 0 Å². The van der Waals surface area contributed by atoms with Crippen LogP contribution in [-0.2, 0) is 0 Å². The van der Waals surface area contributed by atoms with Gasteiger partial charge in [0.25, 0.3) is 0 Å². The zero-order valence-electron chi connectivity index (χ0n) is 16.9. The van der Waals surface area contributed by atoms with Crippen LogP contribution >= 0.6 is 12.6 Å². The first-order valence-electron chi connectivity index (χ1n) is 11.9. The van der Waals surface area contributed by atoms with E-state index in [-0.39, 0.29) is 0 Å². The summed E-state index contributed by atoms with van der Waals surface area (Å²) < 4.78 is 0.415. The Morgan fingerprint density at radius 2 is 1.76 bits per heavy atom. The molecule has 25 heavy (non-hydrogen) atoms. The number of hydrogen-bond donors (Lipinski definition) is 1. The molecule has 0 saturated heterocycles. The predicted molar refractivity (Wildman–Crippen MR) is 112 cm³/mol. The van der Waals surface area contributed by atoms with E-state index in [1.807, 2.05) is 0 Å². The highest BCUT2D eigenvalue weighted by Gasteiger charge is 2.56. The Morgan fingerprint density at radius 1 is 0.920 bits per heavy atom. The van der Waals surface area contributed by atoms with Crippen LogP contribution in [0.2, 0.25) is 0 Å². The van der Waals surface area contributed by atoms with Gasteiger partial charge in [0, 0.05) is 4.75 Å². The Balaban J connectivity index is 1.40. The molecule has 4 aliphatic carbocycles. The summed E-state index contributed by atoms with van der Waals surface area (Å²) in [6, 6.07) is 0. The van der Waals surface area contributed by atoms with Gasteiger partial charge < -0.3 is 0 Å². The lowest BCUT2D eigenvalue weighted by atomic mass is 9.53. The van der Waals surface area contributed by atoms with E-state index >= 15 is 0 Å². The summed E-state index contributed by atoms with van der Waals surface area (Å²) in [5, 5.41) is 0. The second-order valence-corrected chi connectivity index (χ2v) is 11.3. The molecule has 8 atom stereocenters. The van der Waals surface area contributed by atoms with Gasteiger partial charge in [-0.1, -0.05) is 52.4 Å². The molecule has 0 bridgehead atoms. The maximum absolute atomic E-state index is 5.48. The van der Waals surface area contributed by atoms with Crippen LogP contribution in [0.5, 0.6) is 0 Å². The quantitative estimate of drug-likeness (QED) is 0.480. The van der Waals surface area contributed by atoms with Gasteiger partial charge in [-0.2, -0.15) is 12.6 Å². The summed E-state index contributed by atoms with van der Waals surface area (Å²) >= 11 is 5.48. The molecule has 1 heteroatoms. The van der Waals surface area contributed by atoms with E-state index in [0.717, 1.165) is 41.4 Å². The van der Waals surface area contributed by atoms with E-state index in [1.54, 1.807) is 25.7 Å². The highest BCUT2D eigenvalue weighted by Crippen LogP contribution is 2.63. The maximum atomic E-state index is 5.48.